The highest BCUT2D eigenvalue weighted by Gasteiger charge is 2.47. The van der Waals surface area contributed by atoms with Crippen LogP contribution in [0.2, 0.25) is 0 Å². The first kappa shape index (κ1) is 9.45. The van der Waals surface area contributed by atoms with Crippen molar-refractivity contribution in [2.45, 2.75) is 25.3 Å². The Bertz CT molecular complexity index is 279. The van der Waals surface area contributed by atoms with Gasteiger partial charge in [-0.3, -0.25) is 9.59 Å². The minimum atomic E-state index is -0.377. The van der Waals surface area contributed by atoms with Gasteiger partial charge in [0.05, 0.1) is 11.5 Å². The molecule has 2 atom stereocenters. The van der Waals surface area contributed by atoms with Crippen molar-refractivity contribution in [2.24, 2.45) is 11.1 Å². The standard InChI is InChI=1S/C9H15N3O2/c10-7(13)6-4-9(5-12-6)2-1-3-11-8(9)14/h6,12H,1-5H2,(H2,10,13)(H,11,14)/t6-,9-/m0/s1. The van der Waals surface area contributed by atoms with Gasteiger partial charge in [-0.15, -0.1) is 0 Å². The van der Waals surface area contributed by atoms with Gasteiger partial charge in [0.1, 0.15) is 0 Å². The Morgan fingerprint density at radius 2 is 2.36 bits per heavy atom. The van der Waals surface area contributed by atoms with Crippen molar-refractivity contribution >= 4 is 11.8 Å². The van der Waals surface area contributed by atoms with Crippen LogP contribution in [-0.4, -0.2) is 30.9 Å². The summed E-state index contributed by atoms with van der Waals surface area (Å²) in [7, 11) is 0. The fourth-order valence-corrected chi connectivity index (χ4v) is 2.35. The van der Waals surface area contributed by atoms with Gasteiger partial charge in [-0.2, -0.15) is 0 Å². The number of carbonyl (C=O) groups excluding carboxylic acids is 2. The topological polar surface area (TPSA) is 84.2 Å². The molecule has 2 aliphatic heterocycles. The van der Waals surface area contributed by atoms with Gasteiger partial charge in [0.15, 0.2) is 0 Å². The van der Waals surface area contributed by atoms with Crippen LogP contribution < -0.4 is 16.4 Å². The van der Waals surface area contributed by atoms with Crippen molar-refractivity contribution in [1.29, 1.82) is 0 Å². The van der Waals surface area contributed by atoms with E-state index in [1.54, 1.807) is 0 Å². The van der Waals surface area contributed by atoms with Gasteiger partial charge in [-0.05, 0) is 19.3 Å². The van der Waals surface area contributed by atoms with E-state index in [1.807, 2.05) is 0 Å². The summed E-state index contributed by atoms with van der Waals surface area (Å²) in [5.74, 6) is -0.291. The Balaban J connectivity index is 2.10. The third-order valence-electron chi connectivity index (χ3n) is 3.22. The Labute approximate surface area is 82.4 Å². The molecule has 5 nitrogen and oxygen atoms in total. The van der Waals surface area contributed by atoms with Crippen LogP contribution in [-0.2, 0) is 9.59 Å². The fourth-order valence-electron chi connectivity index (χ4n) is 2.35. The quantitative estimate of drug-likeness (QED) is 0.490. The summed E-state index contributed by atoms with van der Waals surface area (Å²) in [6.07, 6.45) is 2.39. The molecule has 14 heavy (non-hydrogen) atoms. The van der Waals surface area contributed by atoms with Crippen molar-refractivity contribution in [1.82, 2.24) is 10.6 Å². The van der Waals surface area contributed by atoms with E-state index < -0.39 is 0 Å². The van der Waals surface area contributed by atoms with E-state index in [2.05, 4.69) is 10.6 Å². The molecule has 2 rings (SSSR count). The van der Waals surface area contributed by atoms with E-state index in [1.165, 1.54) is 0 Å². The predicted molar refractivity (Wildman–Crippen MR) is 50.3 cm³/mol. The minimum absolute atomic E-state index is 0.0694. The van der Waals surface area contributed by atoms with Crippen molar-refractivity contribution < 1.29 is 9.59 Å². The second-order valence-corrected chi connectivity index (χ2v) is 4.18. The summed E-state index contributed by atoms with van der Waals surface area (Å²) in [4.78, 5) is 22.6. The van der Waals surface area contributed by atoms with Crippen molar-refractivity contribution in [3.63, 3.8) is 0 Å². The van der Waals surface area contributed by atoms with Crippen molar-refractivity contribution in [3.05, 3.63) is 0 Å². The monoisotopic (exact) mass is 197 g/mol. The molecule has 2 aliphatic rings. The number of amides is 2. The average molecular weight is 197 g/mol. The van der Waals surface area contributed by atoms with E-state index in [0.717, 1.165) is 19.4 Å². The Morgan fingerprint density at radius 3 is 2.93 bits per heavy atom. The van der Waals surface area contributed by atoms with E-state index in [9.17, 15) is 9.59 Å². The summed E-state index contributed by atoms with van der Waals surface area (Å²) in [5.41, 5.74) is 4.82. The third-order valence-corrected chi connectivity index (χ3v) is 3.22. The van der Waals surface area contributed by atoms with Crippen LogP contribution in [0.1, 0.15) is 19.3 Å². The summed E-state index contributed by atoms with van der Waals surface area (Å²) < 4.78 is 0. The third kappa shape index (κ3) is 1.37. The lowest BCUT2D eigenvalue weighted by molar-refractivity contribution is -0.132. The SMILES string of the molecule is NC(=O)[C@@H]1C[C@@]2(CCCNC2=O)CN1. The summed E-state index contributed by atoms with van der Waals surface area (Å²) >= 11 is 0. The van der Waals surface area contributed by atoms with Crippen molar-refractivity contribution in [2.75, 3.05) is 13.1 Å². The molecule has 78 valence electrons. The molecule has 1 spiro atoms. The highest BCUT2D eigenvalue weighted by molar-refractivity contribution is 5.87. The van der Waals surface area contributed by atoms with Gasteiger partial charge in [-0.1, -0.05) is 0 Å². The second kappa shape index (κ2) is 3.24. The van der Waals surface area contributed by atoms with Gasteiger partial charge in [-0.25, -0.2) is 0 Å². The first-order valence-electron chi connectivity index (χ1n) is 4.95. The largest absolute Gasteiger partial charge is 0.368 e. The van der Waals surface area contributed by atoms with E-state index in [0.29, 0.717) is 13.0 Å². The molecule has 0 aromatic carbocycles. The van der Waals surface area contributed by atoms with Crippen molar-refractivity contribution in [3.8, 4) is 0 Å². The molecule has 0 aromatic rings. The normalized spacial score (nSPS) is 37.1. The van der Waals surface area contributed by atoms with Crippen LogP contribution in [0, 0.1) is 5.41 Å². The number of nitrogens with two attached hydrogens (primary N) is 1. The highest BCUT2D eigenvalue weighted by Crippen LogP contribution is 2.35. The number of rotatable bonds is 1. The number of primary amides is 1. The molecule has 0 unspecified atom stereocenters. The fraction of sp³-hybridized carbons (Fsp3) is 0.778. The van der Waals surface area contributed by atoms with Crippen LogP contribution in [0.4, 0.5) is 0 Å². The van der Waals surface area contributed by atoms with E-state index in [-0.39, 0.29) is 23.3 Å². The summed E-state index contributed by atoms with van der Waals surface area (Å²) in [6, 6.07) is -0.334. The smallest absolute Gasteiger partial charge is 0.234 e. The Hall–Kier alpha value is -1.10. The molecular weight excluding hydrogens is 182 g/mol. The molecule has 2 amide bonds. The first-order valence-corrected chi connectivity index (χ1v) is 4.95. The number of piperidine rings is 1. The first-order chi connectivity index (χ1) is 6.64. The maximum Gasteiger partial charge on any atom is 0.234 e. The number of hydrogen-bond acceptors (Lipinski definition) is 3. The maximum atomic E-state index is 11.7. The lowest BCUT2D eigenvalue weighted by Gasteiger charge is -2.31. The van der Waals surface area contributed by atoms with Gasteiger partial charge >= 0.3 is 0 Å². The van der Waals surface area contributed by atoms with E-state index >= 15 is 0 Å². The molecule has 4 N–H and O–H groups in total. The molecule has 0 bridgehead atoms. The lowest BCUT2D eigenvalue weighted by Crippen LogP contribution is -2.47. The van der Waals surface area contributed by atoms with Gasteiger partial charge in [0.25, 0.3) is 0 Å². The van der Waals surface area contributed by atoms with Crippen LogP contribution in [0.15, 0.2) is 0 Å². The zero-order chi connectivity index (χ0) is 10.2. The van der Waals surface area contributed by atoms with Crippen LogP contribution in [0.3, 0.4) is 0 Å². The molecule has 0 aliphatic carbocycles. The molecule has 2 saturated heterocycles. The molecule has 0 radical (unpaired) electrons. The van der Waals surface area contributed by atoms with Crippen LogP contribution >= 0.6 is 0 Å². The molecule has 0 saturated carbocycles. The Kier molecular flexibility index (Phi) is 2.19. The highest BCUT2D eigenvalue weighted by atomic mass is 16.2. The average Bonchev–Trinajstić information content (AvgIpc) is 2.56. The molecule has 2 fully saturated rings. The molecule has 2 heterocycles. The molecule has 0 aromatic heterocycles. The maximum absolute atomic E-state index is 11.7. The van der Waals surface area contributed by atoms with Gasteiger partial charge < -0.3 is 16.4 Å². The number of carbonyl (C=O) groups is 2. The van der Waals surface area contributed by atoms with Crippen LogP contribution in [0.5, 0.6) is 0 Å². The molecule has 5 heteroatoms. The second-order valence-electron chi connectivity index (χ2n) is 4.18. The zero-order valence-corrected chi connectivity index (χ0v) is 8.01. The predicted octanol–water partition coefficient (Wildman–Crippen LogP) is -1.27. The van der Waals surface area contributed by atoms with Gasteiger partial charge in [0, 0.05) is 13.1 Å². The summed E-state index contributed by atoms with van der Waals surface area (Å²) in [6.45, 7) is 1.33. The summed E-state index contributed by atoms with van der Waals surface area (Å²) in [5, 5.41) is 5.85. The minimum Gasteiger partial charge on any atom is -0.368 e. The number of hydrogen-bond donors (Lipinski definition) is 3. The van der Waals surface area contributed by atoms with E-state index in [4.69, 9.17) is 5.73 Å². The lowest BCUT2D eigenvalue weighted by atomic mass is 9.78. The van der Waals surface area contributed by atoms with Crippen LogP contribution in [0.25, 0.3) is 0 Å². The van der Waals surface area contributed by atoms with Gasteiger partial charge in [0.2, 0.25) is 11.8 Å². The number of nitrogens with one attached hydrogen (secondary N) is 2. The molecular formula is C9H15N3O2. The Morgan fingerprint density at radius 1 is 1.57 bits per heavy atom. The zero-order valence-electron chi connectivity index (χ0n) is 8.01.